The normalized spacial score (nSPS) is 13.2. The van der Waals surface area contributed by atoms with Gasteiger partial charge in [0.15, 0.2) is 0 Å². The maximum atomic E-state index is 9.98. The molecule has 11 heavy (non-hydrogen) atoms. The van der Waals surface area contributed by atoms with Crippen LogP contribution >= 0.6 is 0 Å². The number of carbonyl (C=O) groups is 1. The van der Waals surface area contributed by atoms with Crippen LogP contribution in [-0.2, 0) is 4.79 Å². The molecule has 0 fully saturated rings. The lowest BCUT2D eigenvalue weighted by Crippen LogP contribution is -2.11. The molecule has 0 bridgehead atoms. The van der Waals surface area contributed by atoms with Gasteiger partial charge in [-0.1, -0.05) is 6.08 Å². The molecule has 5 nitrogen and oxygen atoms in total. The molecule has 0 aromatic rings. The zero-order valence-electron chi connectivity index (χ0n) is 6.06. The van der Waals surface area contributed by atoms with E-state index in [9.17, 15) is 14.9 Å². The first-order chi connectivity index (χ1) is 5.04. The predicted octanol–water partition coefficient (Wildman–Crippen LogP) is 0.682. The van der Waals surface area contributed by atoms with Crippen molar-refractivity contribution in [2.75, 3.05) is 0 Å². The van der Waals surface area contributed by atoms with E-state index in [1.165, 1.54) is 19.1 Å². The number of carboxylic acids is 1. The number of hydrogen-bond acceptors (Lipinski definition) is 3. The van der Waals surface area contributed by atoms with Gasteiger partial charge in [0, 0.05) is 11.8 Å². The zero-order valence-corrected chi connectivity index (χ0v) is 6.06. The molecule has 0 spiro atoms. The van der Waals surface area contributed by atoms with Crippen LogP contribution in [0.1, 0.15) is 13.3 Å². The second kappa shape index (κ2) is 4.43. The fourth-order valence-corrected chi connectivity index (χ4v) is 0.436. The Hall–Kier alpha value is -1.39. The number of aliphatic carboxylic acids is 1. The van der Waals surface area contributed by atoms with Crippen LogP contribution in [0.5, 0.6) is 0 Å². The van der Waals surface area contributed by atoms with Gasteiger partial charge in [-0.15, -0.1) is 0 Å². The van der Waals surface area contributed by atoms with Gasteiger partial charge in [0.1, 0.15) is 0 Å². The molecule has 0 rings (SSSR count). The minimum absolute atomic E-state index is 0.168. The summed E-state index contributed by atoms with van der Waals surface area (Å²) in [7, 11) is 0. The van der Waals surface area contributed by atoms with Crippen molar-refractivity contribution in [3.8, 4) is 0 Å². The third-order valence-corrected chi connectivity index (χ3v) is 1.04. The molecule has 1 N–H and O–H groups in total. The molecule has 0 aliphatic rings. The fourth-order valence-electron chi connectivity index (χ4n) is 0.436. The molecule has 1 unspecified atom stereocenters. The molecular formula is C6H9NO4. The highest BCUT2D eigenvalue weighted by Gasteiger charge is 2.05. The van der Waals surface area contributed by atoms with E-state index in [1.54, 1.807) is 0 Å². The van der Waals surface area contributed by atoms with E-state index in [0.29, 0.717) is 0 Å². The molecule has 0 heterocycles. The molecule has 0 aliphatic carbocycles. The molecule has 0 amide bonds. The van der Waals surface area contributed by atoms with Crippen molar-refractivity contribution >= 4 is 5.97 Å². The second-order valence-corrected chi connectivity index (χ2v) is 2.05. The molecular weight excluding hydrogens is 150 g/mol. The summed E-state index contributed by atoms with van der Waals surface area (Å²) in [5, 5.41) is 18.1. The Bertz CT molecular complexity index is 187. The van der Waals surface area contributed by atoms with Gasteiger partial charge in [-0.3, -0.25) is 14.9 Å². The SMILES string of the molecule is CC(C=CCC(=O)O)[N+](=O)[O-]. The molecule has 0 saturated carbocycles. The topological polar surface area (TPSA) is 80.4 Å². The van der Waals surface area contributed by atoms with Gasteiger partial charge in [-0.25, -0.2) is 0 Å². The Morgan fingerprint density at radius 2 is 2.36 bits per heavy atom. The van der Waals surface area contributed by atoms with E-state index < -0.39 is 16.9 Å². The van der Waals surface area contributed by atoms with Gasteiger partial charge < -0.3 is 5.11 Å². The summed E-state index contributed by atoms with van der Waals surface area (Å²) in [5.74, 6) is -0.989. The van der Waals surface area contributed by atoms with Gasteiger partial charge >= 0.3 is 5.97 Å². The number of hydrogen-bond donors (Lipinski definition) is 1. The lowest BCUT2D eigenvalue weighted by atomic mass is 10.3. The van der Waals surface area contributed by atoms with Crippen LogP contribution in [0.25, 0.3) is 0 Å². The molecule has 0 aromatic carbocycles. The highest BCUT2D eigenvalue weighted by atomic mass is 16.6. The third kappa shape index (κ3) is 5.07. The predicted molar refractivity (Wildman–Crippen MR) is 37.8 cm³/mol. The van der Waals surface area contributed by atoms with Crippen molar-refractivity contribution in [2.24, 2.45) is 0 Å². The summed E-state index contributed by atoms with van der Waals surface area (Å²) in [6.45, 7) is 1.39. The summed E-state index contributed by atoms with van der Waals surface area (Å²) < 4.78 is 0. The van der Waals surface area contributed by atoms with Crippen LogP contribution in [0.15, 0.2) is 12.2 Å². The van der Waals surface area contributed by atoms with E-state index in [0.717, 1.165) is 0 Å². The summed E-state index contributed by atoms with van der Waals surface area (Å²) in [6, 6.07) is -0.811. The number of nitrogens with zero attached hydrogens (tertiary/aromatic N) is 1. The second-order valence-electron chi connectivity index (χ2n) is 2.05. The van der Waals surface area contributed by atoms with Crippen LogP contribution in [0.3, 0.4) is 0 Å². The minimum Gasteiger partial charge on any atom is -0.481 e. The quantitative estimate of drug-likeness (QED) is 0.371. The summed E-state index contributed by atoms with van der Waals surface area (Å²) >= 11 is 0. The van der Waals surface area contributed by atoms with Gasteiger partial charge in [-0.05, 0) is 6.08 Å². The Labute approximate surface area is 63.5 Å². The van der Waals surface area contributed by atoms with E-state index in [-0.39, 0.29) is 6.42 Å². The van der Waals surface area contributed by atoms with Gasteiger partial charge in [-0.2, -0.15) is 0 Å². The van der Waals surface area contributed by atoms with Crippen molar-refractivity contribution in [1.82, 2.24) is 0 Å². The maximum absolute atomic E-state index is 9.98. The average molecular weight is 159 g/mol. The summed E-state index contributed by atoms with van der Waals surface area (Å²) in [4.78, 5) is 19.4. The molecule has 0 aliphatic heterocycles. The maximum Gasteiger partial charge on any atom is 0.307 e. The van der Waals surface area contributed by atoms with Crippen LogP contribution in [0.4, 0.5) is 0 Å². The van der Waals surface area contributed by atoms with Crippen LogP contribution in [-0.4, -0.2) is 22.0 Å². The zero-order chi connectivity index (χ0) is 8.85. The highest BCUT2D eigenvalue weighted by Crippen LogP contribution is 1.92. The first-order valence-corrected chi connectivity index (χ1v) is 3.06. The first kappa shape index (κ1) is 9.61. The standard InChI is InChI=1S/C6H9NO4/c1-5(7(10)11)3-2-4-6(8)9/h2-3,5H,4H2,1H3,(H,8,9). The molecule has 0 radical (unpaired) electrons. The summed E-state index contributed by atoms with van der Waals surface area (Å²) in [6.07, 6.45) is 2.36. The smallest absolute Gasteiger partial charge is 0.307 e. The van der Waals surface area contributed by atoms with Crippen molar-refractivity contribution in [2.45, 2.75) is 19.4 Å². The monoisotopic (exact) mass is 159 g/mol. The number of nitro groups is 1. The average Bonchev–Trinajstić information content (AvgIpc) is 1.86. The Morgan fingerprint density at radius 1 is 1.82 bits per heavy atom. The Morgan fingerprint density at radius 3 is 2.73 bits per heavy atom. The van der Waals surface area contributed by atoms with Crippen molar-refractivity contribution in [3.63, 3.8) is 0 Å². The molecule has 5 heteroatoms. The largest absolute Gasteiger partial charge is 0.481 e. The van der Waals surface area contributed by atoms with E-state index >= 15 is 0 Å². The van der Waals surface area contributed by atoms with Gasteiger partial charge in [0.2, 0.25) is 6.04 Å². The van der Waals surface area contributed by atoms with Crippen LogP contribution < -0.4 is 0 Å². The Kier molecular flexibility index (Phi) is 3.87. The van der Waals surface area contributed by atoms with E-state index in [2.05, 4.69) is 0 Å². The molecule has 1 atom stereocenters. The minimum atomic E-state index is -0.989. The highest BCUT2D eigenvalue weighted by molar-refractivity contribution is 5.68. The number of rotatable bonds is 4. The van der Waals surface area contributed by atoms with Crippen LogP contribution in [0, 0.1) is 10.1 Å². The van der Waals surface area contributed by atoms with Gasteiger partial charge in [0.25, 0.3) is 0 Å². The molecule has 0 aromatic heterocycles. The molecule has 0 saturated heterocycles. The van der Waals surface area contributed by atoms with Crippen molar-refractivity contribution in [3.05, 3.63) is 22.3 Å². The van der Waals surface area contributed by atoms with Crippen molar-refractivity contribution in [1.29, 1.82) is 0 Å². The third-order valence-electron chi connectivity index (χ3n) is 1.04. The van der Waals surface area contributed by atoms with Crippen LogP contribution in [0.2, 0.25) is 0 Å². The van der Waals surface area contributed by atoms with Gasteiger partial charge in [0.05, 0.1) is 6.42 Å². The Balaban J connectivity index is 3.74. The van der Waals surface area contributed by atoms with E-state index in [4.69, 9.17) is 5.11 Å². The lowest BCUT2D eigenvalue weighted by Gasteiger charge is -1.93. The van der Waals surface area contributed by atoms with E-state index in [1.807, 2.05) is 0 Å². The fraction of sp³-hybridized carbons (Fsp3) is 0.500. The molecule has 62 valence electrons. The number of carboxylic acid groups (broad SMARTS) is 1. The summed E-state index contributed by atoms with van der Waals surface area (Å²) in [5.41, 5.74) is 0. The lowest BCUT2D eigenvalue weighted by molar-refractivity contribution is -0.504. The first-order valence-electron chi connectivity index (χ1n) is 3.06. The van der Waals surface area contributed by atoms with Crippen molar-refractivity contribution < 1.29 is 14.8 Å².